The van der Waals surface area contributed by atoms with E-state index in [0.29, 0.717) is 13.1 Å². The maximum Gasteiger partial charge on any atom is 0.280 e. The van der Waals surface area contributed by atoms with Crippen molar-refractivity contribution in [2.24, 2.45) is 0 Å². The van der Waals surface area contributed by atoms with Gasteiger partial charge in [0.25, 0.3) is 5.91 Å². The summed E-state index contributed by atoms with van der Waals surface area (Å²) in [7, 11) is -0.901. The average molecular weight is 362 g/mol. The third-order valence-electron chi connectivity index (χ3n) is 4.31. The Balaban J connectivity index is 2.13. The van der Waals surface area contributed by atoms with Crippen LogP contribution in [0, 0.1) is 11.6 Å². The molecule has 1 atom stereocenters. The Morgan fingerprint density at radius 1 is 1.21 bits per heavy atom. The third-order valence-corrected chi connectivity index (χ3v) is 6.26. The normalized spacial score (nSPS) is 18.4. The number of piperazine rings is 1. The van der Waals surface area contributed by atoms with Gasteiger partial charge in [-0.3, -0.25) is 4.79 Å². The van der Waals surface area contributed by atoms with Crippen molar-refractivity contribution in [3.05, 3.63) is 29.8 Å². The maximum absolute atomic E-state index is 13.8. The van der Waals surface area contributed by atoms with Crippen LogP contribution in [0.1, 0.15) is 6.92 Å². The predicted molar refractivity (Wildman–Crippen MR) is 84.0 cm³/mol. The van der Waals surface area contributed by atoms with Crippen molar-refractivity contribution >= 4 is 15.9 Å². The van der Waals surface area contributed by atoms with Gasteiger partial charge >= 0.3 is 0 Å². The summed E-state index contributed by atoms with van der Waals surface area (Å²) >= 11 is 0. The number of hydrogen-bond donors (Lipinski definition) is 1. The monoisotopic (exact) mass is 362 g/mol. The summed E-state index contributed by atoms with van der Waals surface area (Å²) in [5, 5.41) is 0. The first-order valence-corrected chi connectivity index (χ1v) is 9.10. The Morgan fingerprint density at radius 3 is 2.17 bits per heavy atom. The number of rotatable bonds is 4. The summed E-state index contributed by atoms with van der Waals surface area (Å²) in [5.41, 5.74) is 0. The highest BCUT2D eigenvalue weighted by molar-refractivity contribution is 7.89. The van der Waals surface area contributed by atoms with Crippen molar-refractivity contribution in [1.29, 1.82) is 0 Å². The molecule has 134 valence electrons. The van der Waals surface area contributed by atoms with Gasteiger partial charge in [-0.25, -0.2) is 17.2 Å². The molecule has 1 saturated heterocycles. The van der Waals surface area contributed by atoms with Crippen LogP contribution in [0.2, 0.25) is 0 Å². The van der Waals surface area contributed by atoms with Crippen LogP contribution < -0.4 is 4.90 Å². The van der Waals surface area contributed by atoms with E-state index in [0.717, 1.165) is 27.4 Å². The van der Waals surface area contributed by atoms with Gasteiger partial charge in [-0.1, -0.05) is 6.07 Å². The lowest BCUT2D eigenvalue weighted by Crippen LogP contribution is -3.19. The number of nitrogens with zero attached hydrogens (tertiary/aromatic N) is 2. The average Bonchev–Trinajstić information content (AvgIpc) is 2.53. The molecule has 2 rings (SSSR count). The quantitative estimate of drug-likeness (QED) is 0.773. The standard InChI is InChI=1S/C15H21F2N3O3S/c1-11(15(21)18(2)3)19-7-9-20(10-8-19)24(22,23)14-12(16)5-4-6-13(14)17/h4-6,11H,7-10H2,1-3H3/p+1/t11-/m1/s1. The molecule has 1 heterocycles. The summed E-state index contributed by atoms with van der Waals surface area (Å²) in [6.07, 6.45) is 0. The van der Waals surface area contributed by atoms with E-state index < -0.39 is 26.6 Å². The van der Waals surface area contributed by atoms with Crippen LogP contribution in [0.4, 0.5) is 8.78 Å². The molecule has 1 amide bonds. The highest BCUT2D eigenvalue weighted by Crippen LogP contribution is 2.22. The van der Waals surface area contributed by atoms with E-state index >= 15 is 0 Å². The lowest BCUT2D eigenvalue weighted by atomic mass is 10.2. The summed E-state index contributed by atoms with van der Waals surface area (Å²) in [6.45, 7) is 2.80. The number of benzene rings is 1. The minimum Gasteiger partial charge on any atom is -0.344 e. The molecular formula is C15H22F2N3O3S+. The minimum absolute atomic E-state index is 0.0403. The molecule has 24 heavy (non-hydrogen) atoms. The number of carbonyl (C=O) groups is 1. The van der Waals surface area contributed by atoms with E-state index in [1.807, 2.05) is 0 Å². The Hall–Kier alpha value is -1.58. The van der Waals surface area contributed by atoms with Gasteiger partial charge in [0.05, 0.1) is 26.2 Å². The Morgan fingerprint density at radius 2 is 1.71 bits per heavy atom. The Kier molecular flexibility index (Phi) is 5.56. The molecule has 1 fully saturated rings. The van der Waals surface area contributed by atoms with Crippen LogP contribution in [0.25, 0.3) is 0 Å². The van der Waals surface area contributed by atoms with Crippen LogP contribution in [-0.4, -0.2) is 69.8 Å². The largest absolute Gasteiger partial charge is 0.344 e. The van der Waals surface area contributed by atoms with Gasteiger partial charge in [-0.2, -0.15) is 4.31 Å². The van der Waals surface area contributed by atoms with Crippen LogP contribution >= 0.6 is 0 Å². The van der Waals surface area contributed by atoms with E-state index in [2.05, 4.69) is 0 Å². The smallest absolute Gasteiger partial charge is 0.280 e. The lowest BCUT2D eigenvalue weighted by Gasteiger charge is -2.34. The summed E-state index contributed by atoms with van der Waals surface area (Å²) in [6, 6.07) is 2.68. The fourth-order valence-electron chi connectivity index (χ4n) is 2.87. The molecule has 1 aromatic carbocycles. The fourth-order valence-corrected chi connectivity index (χ4v) is 4.42. The first-order valence-electron chi connectivity index (χ1n) is 7.66. The highest BCUT2D eigenvalue weighted by atomic mass is 32.2. The van der Waals surface area contributed by atoms with Crippen molar-refractivity contribution in [3.8, 4) is 0 Å². The fraction of sp³-hybridized carbons (Fsp3) is 0.533. The van der Waals surface area contributed by atoms with Gasteiger partial charge < -0.3 is 9.80 Å². The van der Waals surface area contributed by atoms with Gasteiger partial charge in [0.15, 0.2) is 10.9 Å². The molecule has 0 spiro atoms. The van der Waals surface area contributed by atoms with Crippen molar-refractivity contribution in [2.45, 2.75) is 17.9 Å². The highest BCUT2D eigenvalue weighted by Gasteiger charge is 2.37. The van der Waals surface area contributed by atoms with E-state index in [1.165, 1.54) is 4.90 Å². The molecule has 0 saturated carbocycles. The first kappa shape index (κ1) is 18.8. The van der Waals surface area contributed by atoms with E-state index in [4.69, 9.17) is 0 Å². The Labute approximate surface area is 140 Å². The lowest BCUT2D eigenvalue weighted by molar-refractivity contribution is -0.917. The molecule has 0 radical (unpaired) electrons. The zero-order valence-electron chi connectivity index (χ0n) is 13.9. The number of sulfonamides is 1. The topological polar surface area (TPSA) is 62.1 Å². The minimum atomic E-state index is -4.23. The van der Waals surface area contributed by atoms with Crippen LogP contribution in [0.15, 0.2) is 23.1 Å². The number of likely N-dealkylation sites (N-methyl/N-ethyl adjacent to an activating group) is 1. The second-order valence-electron chi connectivity index (χ2n) is 6.07. The number of carbonyl (C=O) groups excluding carboxylic acids is 1. The predicted octanol–water partition coefficient (Wildman–Crippen LogP) is -0.669. The molecule has 1 N–H and O–H groups in total. The van der Waals surface area contributed by atoms with E-state index in [9.17, 15) is 22.0 Å². The summed E-state index contributed by atoms with van der Waals surface area (Å²) < 4.78 is 53.7. The number of amides is 1. The SMILES string of the molecule is C[C@H](C(=O)N(C)C)[NH+]1CCN(S(=O)(=O)c2c(F)cccc2F)CC1. The first-order chi connectivity index (χ1) is 11.2. The second kappa shape index (κ2) is 7.12. The van der Waals surface area contributed by atoms with Crippen molar-refractivity contribution < 1.29 is 26.9 Å². The number of nitrogens with one attached hydrogen (secondary N) is 1. The molecule has 0 aromatic heterocycles. The summed E-state index contributed by atoms with van der Waals surface area (Å²) in [4.78, 5) is 13.5. The summed E-state index contributed by atoms with van der Waals surface area (Å²) in [5.74, 6) is -2.23. The zero-order valence-corrected chi connectivity index (χ0v) is 14.7. The number of halogens is 2. The van der Waals surface area contributed by atoms with Crippen LogP contribution in [-0.2, 0) is 14.8 Å². The molecule has 9 heteroatoms. The molecular weight excluding hydrogens is 340 g/mol. The van der Waals surface area contributed by atoms with Crippen LogP contribution in [0.5, 0.6) is 0 Å². The molecule has 1 aliphatic rings. The van der Waals surface area contributed by atoms with Gasteiger partial charge in [0, 0.05) is 14.1 Å². The molecule has 6 nitrogen and oxygen atoms in total. The van der Waals surface area contributed by atoms with Crippen molar-refractivity contribution in [3.63, 3.8) is 0 Å². The van der Waals surface area contributed by atoms with E-state index in [1.54, 1.807) is 21.0 Å². The molecule has 0 unspecified atom stereocenters. The van der Waals surface area contributed by atoms with Crippen molar-refractivity contribution in [2.75, 3.05) is 40.3 Å². The molecule has 0 aliphatic carbocycles. The third kappa shape index (κ3) is 3.57. The molecule has 1 aliphatic heterocycles. The Bertz CT molecular complexity index is 696. The zero-order chi connectivity index (χ0) is 18.1. The molecule has 1 aromatic rings. The van der Waals surface area contributed by atoms with Gasteiger partial charge in [-0.15, -0.1) is 0 Å². The van der Waals surface area contributed by atoms with Gasteiger partial charge in [0.1, 0.15) is 11.6 Å². The van der Waals surface area contributed by atoms with Crippen LogP contribution in [0.3, 0.4) is 0 Å². The number of hydrogen-bond acceptors (Lipinski definition) is 3. The number of quaternary nitrogens is 1. The van der Waals surface area contributed by atoms with Crippen molar-refractivity contribution in [1.82, 2.24) is 9.21 Å². The van der Waals surface area contributed by atoms with Gasteiger partial charge in [0.2, 0.25) is 10.0 Å². The van der Waals surface area contributed by atoms with Gasteiger partial charge in [-0.05, 0) is 19.1 Å². The van der Waals surface area contributed by atoms with E-state index in [-0.39, 0.29) is 25.0 Å². The maximum atomic E-state index is 13.8. The second-order valence-corrected chi connectivity index (χ2v) is 7.94. The molecule has 0 bridgehead atoms.